The summed E-state index contributed by atoms with van der Waals surface area (Å²) in [5.74, 6) is -0.956. The molecule has 0 aromatic rings. The normalized spacial score (nSPS) is 42.2. The molecule has 130 valence electrons. The van der Waals surface area contributed by atoms with Gasteiger partial charge in [0, 0.05) is 6.42 Å². The molecule has 3 saturated heterocycles. The lowest BCUT2D eigenvalue weighted by molar-refractivity contribution is -0.165. The van der Waals surface area contributed by atoms with Crippen molar-refractivity contribution in [3.63, 3.8) is 0 Å². The number of Topliss-reactive ketones (excluding diaryl/α,β-unsaturated/α-hetero) is 1. The molecule has 1 aliphatic carbocycles. The second-order valence-corrected chi connectivity index (χ2v) is 7.49. The van der Waals surface area contributed by atoms with Crippen molar-refractivity contribution in [2.24, 2.45) is 17.8 Å². The first-order valence-corrected chi connectivity index (χ1v) is 8.71. The Kier molecular flexibility index (Phi) is 3.75. The lowest BCUT2D eigenvalue weighted by Crippen LogP contribution is -2.41. The molecule has 0 aromatic carbocycles. The van der Waals surface area contributed by atoms with Gasteiger partial charge >= 0.3 is 11.9 Å². The molecule has 2 bridgehead atoms. The van der Waals surface area contributed by atoms with Crippen LogP contribution in [-0.4, -0.2) is 42.1 Å². The van der Waals surface area contributed by atoms with Crippen LogP contribution in [-0.2, 0) is 28.6 Å². The number of ketones is 1. The van der Waals surface area contributed by atoms with Gasteiger partial charge in [0.1, 0.15) is 6.10 Å². The van der Waals surface area contributed by atoms with Gasteiger partial charge in [0.25, 0.3) is 0 Å². The summed E-state index contributed by atoms with van der Waals surface area (Å²) in [6, 6.07) is 0. The second-order valence-electron chi connectivity index (χ2n) is 7.49. The molecule has 0 N–H and O–H groups in total. The molecule has 0 spiro atoms. The zero-order chi connectivity index (χ0) is 17.0. The Morgan fingerprint density at radius 2 is 2.08 bits per heavy atom. The monoisotopic (exact) mass is 334 g/mol. The third-order valence-corrected chi connectivity index (χ3v) is 5.92. The Morgan fingerprint density at radius 1 is 1.29 bits per heavy atom. The molecule has 6 nitrogen and oxygen atoms in total. The fraction of sp³-hybridized carbons (Fsp3) is 0.722. The van der Waals surface area contributed by atoms with E-state index in [1.165, 1.54) is 0 Å². The topological polar surface area (TPSA) is 78.9 Å². The average molecular weight is 334 g/mol. The van der Waals surface area contributed by atoms with E-state index < -0.39 is 12.2 Å². The minimum atomic E-state index is -0.497. The summed E-state index contributed by atoms with van der Waals surface area (Å²) in [6.07, 6.45) is 1.98. The summed E-state index contributed by atoms with van der Waals surface area (Å²) in [6.45, 7) is 5.37. The van der Waals surface area contributed by atoms with Crippen LogP contribution in [0.2, 0.25) is 0 Å². The molecule has 4 fully saturated rings. The standard InChI is InChI=1S/C18H22O6/c1-8(2)12(19)6-9-4-3-5-10(9)17(20)23-15-13-7-11-14(22-13)16(15)24-18(11)21/h9-11,13-16H,1,3-7H2,2H3. The molecule has 0 radical (unpaired) electrons. The number of carbonyl (C=O) groups is 3. The molecule has 3 aliphatic heterocycles. The van der Waals surface area contributed by atoms with E-state index in [-0.39, 0.29) is 47.7 Å². The van der Waals surface area contributed by atoms with Gasteiger partial charge in [-0.05, 0) is 37.7 Å². The van der Waals surface area contributed by atoms with Crippen molar-refractivity contribution in [3.8, 4) is 0 Å². The highest BCUT2D eigenvalue weighted by atomic mass is 16.7. The number of allylic oxidation sites excluding steroid dienone is 1. The van der Waals surface area contributed by atoms with Crippen LogP contribution in [0, 0.1) is 17.8 Å². The van der Waals surface area contributed by atoms with Crippen LogP contribution < -0.4 is 0 Å². The van der Waals surface area contributed by atoms with Gasteiger partial charge in [-0.2, -0.15) is 0 Å². The molecule has 24 heavy (non-hydrogen) atoms. The molecule has 7 atom stereocenters. The van der Waals surface area contributed by atoms with E-state index in [2.05, 4.69) is 6.58 Å². The number of hydrogen-bond acceptors (Lipinski definition) is 6. The SMILES string of the molecule is C=C(C)C(=O)CC1CCCC1C(=O)OC1C2CC3C(=O)OC1C3O2. The first kappa shape index (κ1) is 15.8. The first-order chi connectivity index (χ1) is 11.5. The van der Waals surface area contributed by atoms with E-state index in [9.17, 15) is 14.4 Å². The lowest BCUT2D eigenvalue weighted by Gasteiger charge is -2.25. The van der Waals surface area contributed by atoms with Crippen molar-refractivity contribution in [1.29, 1.82) is 0 Å². The van der Waals surface area contributed by atoms with Crippen molar-refractivity contribution in [1.82, 2.24) is 0 Å². The van der Waals surface area contributed by atoms with Crippen LogP contribution in [0.15, 0.2) is 12.2 Å². The summed E-state index contributed by atoms with van der Waals surface area (Å²) in [5, 5.41) is 0. The third kappa shape index (κ3) is 2.39. The zero-order valence-electron chi connectivity index (χ0n) is 13.7. The maximum atomic E-state index is 12.6. The van der Waals surface area contributed by atoms with Crippen LogP contribution >= 0.6 is 0 Å². The van der Waals surface area contributed by atoms with Crippen LogP contribution in [0.4, 0.5) is 0 Å². The first-order valence-electron chi connectivity index (χ1n) is 8.71. The molecular weight excluding hydrogens is 312 g/mol. The number of carbonyl (C=O) groups excluding carboxylic acids is 3. The van der Waals surface area contributed by atoms with Crippen LogP contribution in [0.25, 0.3) is 0 Å². The lowest BCUT2D eigenvalue weighted by atomic mass is 9.87. The van der Waals surface area contributed by atoms with Crippen LogP contribution in [0.1, 0.15) is 39.0 Å². The van der Waals surface area contributed by atoms with Gasteiger partial charge in [-0.25, -0.2) is 0 Å². The van der Waals surface area contributed by atoms with Crippen molar-refractivity contribution >= 4 is 17.7 Å². The van der Waals surface area contributed by atoms with Gasteiger partial charge in [0.05, 0.1) is 17.9 Å². The number of esters is 2. The highest BCUT2D eigenvalue weighted by Gasteiger charge is 2.65. The summed E-state index contributed by atoms with van der Waals surface area (Å²) in [4.78, 5) is 36.3. The number of ether oxygens (including phenoxy) is 3. The fourth-order valence-corrected chi connectivity index (χ4v) is 4.61. The number of hydrogen-bond donors (Lipinski definition) is 0. The number of rotatable bonds is 5. The van der Waals surface area contributed by atoms with Crippen molar-refractivity contribution < 1.29 is 28.6 Å². The molecule has 6 heteroatoms. The average Bonchev–Trinajstić information content (AvgIpc) is 3.25. The van der Waals surface area contributed by atoms with Gasteiger partial charge in [0.2, 0.25) is 0 Å². The van der Waals surface area contributed by atoms with Gasteiger partial charge in [-0.1, -0.05) is 13.0 Å². The Labute approximate surface area is 140 Å². The summed E-state index contributed by atoms with van der Waals surface area (Å²) in [5.41, 5.74) is 0.527. The van der Waals surface area contributed by atoms with Crippen molar-refractivity contribution in [3.05, 3.63) is 12.2 Å². The molecule has 0 amide bonds. The maximum Gasteiger partial charge on any atom is 0.312 e. The fourth-order valence-electron chi connectivity index (χ4n) is 4.61. The Bertz CT molecular complexity index is 611. The molecule has 4 aliphatic rings. The van der Waals surface area contributed by atoms with E-state index >= 15 is 0 Å². The summed E-state index contributed by atoms with van der Waals surface area (Å²) < 4.78 is 16.8. The highest BCUT2D eigenvalue weighted by molar-refractivity contribution is 5.94. The Balaban J connectivity index is 1.40. The van der Waals surface area contributed by atoms with E-state index in [4.69, 9.17) is 14.2 Å². The van der Waals surface area contributed by atoms with Crippen molar-refractivity contribution in [2.45, 2.75) is 63.4 Å². The predicted molar refractivity (Wildman–Crippen MR) is 81.8 cm³/mol. The molecular formula is C18H22O6. The Hall–Kier alpha value is -1.69. The molecule has 3 heterocycles. The summed E-state index contributed by atoms with van der Waals surface area (Å²) >= 11 is 0. The van der Waals surface area contributed by atoms with Crippen LogP contribution in [0.5, 0.6) is 0 Å². The largest absolute Gasteiger partial charge is 0.455 e. The van der Waals surface area contributed by atoms with E-state index in [1.54, 1.807) is 6.92 Å². The maximum absolute atomic E-state index is 12.6. The molecule has 4 rings (SSSR count). The highest BCUT2D eigenvalue weighted by Crippen LogP contribution is 2.48. The van der Waals surface area contributed by atoms with Crippen LogP contribution in [0.3, 0.4) is 0 Å². The summed E-state index contributed by atoms with van der Waals surface area (Å²) in [7, 11) is 0. The van der Waals surface area contributed by atoms with E-state index in [0.29, 0.717) is 18.4 Å². The minimum Gasteiger partial charge on any atom is -0.455 e. The quantitative estimate of drug-likeness (QED) is 0.561. The minimum absolute atomic E-state index is 0.00974. The van der Waals surface area contributed by atoms with Gasteiger partial charge in [-0.15, -0.1) is 0 Å². The Morgan fingerprint density at radius 3 is 2.83 bits per heavy atom. The van der Waals surface area contributed by atoms with Crippen molar-refractivity contribution in [2.75, 3.05) is 0 Å². The molecule has 1 saturated carbocycles. The predicted octanol–water partition coefficient (Wildman–Crippen LogP) is 1.56. The molecule has 7 unspecified atom stereocenters. The van der Waals surface area contributed by atoms with Gasteiger partial charge < -0.3 is 14.2 Å². The van der Waals surface area contributed by atoms with E-state index in [1.807, 2.05) is 0 Å². The van der Waals surface area contributed by atoms with E-state index in [0.717, 1.165) is 19.3 Å². The third-order valence-electron chi connectivity index (χ3n) is 5.92. The van der Waals surface area contributed by atoms with Gasteiger partial charge in [-0.3, -0.25) is 14.4 Å². The molecule has 0 aromatic heterocycles. The zero-order valence-corrected chi connectivity index (χ0v) is 13.7. The smallest absolute Gasteiger partial charge is 0.312 e. The number of fused-ring (bicyclic) bond motifs is 1. The second kappa shape index (κ2) is 5.69. The van der Waals surface area contributed by atoms with Gasteiger partial charge in [0.15, 0.2) is 18.0 Å².